The lowest BCUT2D eigenvalue weighted by Crippen LogP contribution is -2.50. The third kappa shape index (κ3) is 8.38. The van der Waals surface area contributed by atoms with Crippen LogP contribution < -0.4 is 15.4 Å². The second-order valence-electron chi connectivity index (χ2n) is 6.81. The Morgan fingerprint density at radius 1 is 1.20 bits per heavy atom. The molecule has 1 saturated heterocycles. The van der Waals surface area contributed by atoms with E-state index in [1.165, 1.54) is 12.1 Å². The van der Waals surface area contributed by atoms with Crippen molar-refractivity contribution in [3.05, 3.63) is 29.8 Å². The number of amides is 1. The van der Waals surface area contributed by atoms with Gasteiger partial charge in [-0.1, -0.05) is 12.1 Å². The van der Waals surface area contributed by atoms with Gasteiger partial charge in [-0.05, 0) is 50.8 Å². The predicted octanol–water partition coefficient (Wildman–Crippen LogP) is 3.30. The molecule has 0 aliphatic carbocycles. The van der Waals surface area contributed by atoms with Crippen molar-refractivity contribution >= 4 is 12.1 Å². The molecule has 10 heteroatoms. The molecule has 1 aliphatic rings. The smallest absolute Gasteiger partial charge is 0.450 e. The number of halogens is 3. The first-order valence-corrected chi connectivity index (χ1v) is 10.1. The summed E-state index contributed by atoms with van der Waals surface area (Å²) < 4.78 is 45.5. The minimum atomic E-state index is -4.69. The number of hydrogen-bond donors (Lipinski definition) is 2. The molecular weight excluding hydrogens is 401 g/mol. The molecule has 1 heterocycles. The summed E-state index contributed by atoms with van der Waals surface area (Å²) in [5, 5.41) is 6.58. The SMILES string of the molecule is CCNC(=NCCc1ccc(OC(F)(F)F)cc1)NC1CCN(C(=O)OCC)CC1. The summed E-state index contributed by atoms with van der Waals surface area (Å²) in [4.78, 5) is 18.0. The van der Waals surface area contributed by atoms with E-state index in [-0.39, 0.29) is 17.9 Å². The number of aliphatic imine (C=N–C) groups is 1. The van der Waals surface area contributed by atoms with Crippen molar-refractivity contribution in [2.75, 3.05) is 32.8 Å². The van der Waals surface area contributed by atoms with Crippen LogP contribution in [-0.4, -0.2) is 62.1 Å². The van der Waals surface area contributed by atoms with Crippen molar-refractivity contribution in [1.82, 2.24) is 15.5 Å². The van der Waals surface area contributed by atoms with Crippen LogP contribution in [0.15, 0.2) is 29.3 Å². The summed E-state index contributed by atoms with van der Waals surface area (Å²) in [7, 11) is 0. The molecule has 0 saturated carbocycles. The van der Waals surface area contributed by atoms with E-state index >= 15 is 0 Å². The Bertz CT molecular complexity index is 688. The van der Waals surface area contributed by atoms with Gasteiger partial charge in [-0.15, -0.1) is 13.2 Å². The number of ether oxygens (including phenoxy) is 2. The number of alkyl halides is 3. The number of nitrogens with zero attached hydrogens (tertiary/aromatic N) is 2. The van der Waals surface area contributed by atoms with E-state index in [0.29, 0.717) is 45.2 Å². The van der Waals surface area contributed by atoms with Crippen LogP contribution >= 0.6 is 0 Å². The van der Waals surface area contributed by atoms with Crippen molar-refractivity contribution < 1.29 is 27.4 Å². The molecular formula is C20H29F3N4O3. The van der Waals surface area contributed by atoms with Crippen LogP contribution in [0.1, 0.15) is 32.3 Å². The average molecular weight is 430 g/mol. The topological polar surface area (TPSA) is 75.2 Å². The number of guanidine groups is 1. The zero-order chi connectivity index (χ0) is 22.0. The summed E-state index contributed by atoms with van der Waals surface area (Å²) in [5.74, 6) is 0.447. The minimum Gasteiger partial charge on any atom is -0.450 e. The fourth-order valence-electron chi connectivity index (χ4n) is 3.09. The van der Waals surface area contributed by atoms with E-state index in [2.05, 4.69) is 20.4 Å². The van der Waals surface area contributed by atoms with Gasteiger partial charge in [-0.2, -0.15) is 0 Å². The van der Waals surface area contributed by atoms with E-state index in [1.54, 1.807) is 24.0 Å². The molecule has 7 nitrogen and oxygen atoms in total. The second kappa shape index (κ2) is 11.5. The Kier molecular flexibility index (Phi) is 9.07. The van der Waals surface area contributed by atoms with Crippen LogP contribution in [0, 0.1) is 0 Å². The Morgan fingerprint density at radius 3 is 2.43 bits per heavy atom. The van der Waals surface area contributed by atoms with Gasteiger partial charge < -0.3 is 25.0 Å². The van der Waals surface area contributed by atoms with Crippen LogP contribution in [0.25, 0.3) is 0 Å². The van der Waals surface area contributed by atoms with E-state index < -0.39 is 6.36 Å². The highest BCUT2D eigenvalue weighted by Gasteiger charge is 2.31. The lowest BCUT2D eigenvalue weighted by atomic mass is 10.1. The molecule has 2 N–H and O–H groups in total. The van der Waals surface area contributed by atoms with Crippen LogP contribution in [0.4, 0.5) is 18.0 Å². The van der Waals surface area contributed by atoms with Crippen LogP contribution in [0.5, 0.6) is 5.75 Å². The van der Waals surface area contributed by atoms with Crippen molar-refractivity contribution in [1.29, 1.82) is 0 Å². The fraction of sp³-hybridized carbons (Fsp3) is 0.600. The number of likely N-dealkylation sites (tertiary alicyclic amines) is 1. The molecule has 0 spiro atoms. The molecule has 0 radical (unpaired) electrons. The first kappa shape index (κ1) is 23.6. The number of piperidine rings is 1. The molecule has 2 rings (SSSR count). The largest absolute Gasteiger partial charge is 0.573 e. The molecule has 1 amide bonds. The third-order valence-corrected chi connectivity index (χ3v) is 4.53. The monoisotopic (exact) mass is 430 g/mol. The lowest BCUT2D eigenvalue weighted by molar-refractivity contribution is -0.274. The van der Waals surface area contributed by atoms with Gasteiger partial charge in [0.15, 0.2) is 5.96 Å². The normalized spacial score (nSPS) is 15.6. The summed E-state index contributed by atoms with van der Waals surface area (Å²) >= 11 is 0. The Morgan fingerprint density at radius 2 is 1.87 bits per heavy atom. The zero-order valence-corrected chi connectivity index (χ0v) is 17.3. The highest BCUT2D eigenvalue weighted by Crippen LogP contribution is 2.22. The molecule has 1 aliphatic heterocycles. The summed E-state index contributed by atoms with van der Waals surface area (Å²) in [6, 6.07) is 6.00. The van der Waals surface area contributed by atoms with Crippen molar-refractivity contribution in [3.63, 3.8) is 0 Å². The Balaban J connectivity index is 1.81. The molecule has 0 bridgehead atoms. The molecule has 168 valence electrons. The van der Waals surface area contributed by atoms with Crippen molar-refractivity contribution in [3.8, 4) is 5.75 Å². The van der Waals surface area contributed by atoms with Crippen LogP contribution in [0.3, 0.4) is 0 Å². The third-order valence-electron chi connectivity index (χ3n) is 4.53. The molecule has 0 unspecified atom stereocenters. The fourth-order valence-corrected chi connectivity index (χ4v) is 3.09. The van der Waals surface area contributed by atoms with E-state index in [0.717, 1.165) is 18.4 Å². The van der Waals surface area contributed by atoms with Crippen LogP contribution in [-0.2, 0) is 11.2 Å². The minimum absolute atomic E-state index is 0.201. The van der Waals surface area contributed by atoms with Crippen molar-refractivity contribution in [2.45, 2.75) is 45.5 Å². The number of carbonyl (C=O) groups excluding carboxylic acids is 1. The number of benzene rings is 1. The lowest BCUT2D eigenvalue weighted by Gasteiger charge is -2.32. The maximum atomic E-state index is 12.2. The second-order valence-corrected chi connectivity index (χ2v) is 6.81. The van der Waals surface area contributed by atoms with Crippen molar-refractivity contribution in [2.24, 2.45) is 4.99 Å². The Labute approximate surface area is 174 Å². The first-order chi connectivity index (χ1) is 14.3. The maximum Gasteiger partial charge on any atom is 0.573 e. The molecule has 0 atom stereocenters. The van der Waals surface area contributed by atoms with E-state index in [4.69, 9.17) is 4.74 Å². The summed E-state index contributed by atoms with van der Waals surface area (Å²) in [6.07, 6.45) is -2.79. The number of rotatable bonds is 7. The number of carbonyl (C=O) groups is 1. The van der Waals surface area contributed by atoms with Gasteiger partial charge in [0.1, 0.15) is 5.75 Å². The van der Waals surface area contributed by atoms with Gasteiger partial charge in [0.2, 0.25) is 0 Å². The van der Waals surface area contributed by atoms with E-state index in [1.807, 2.05) is 6.92 Å². The van der Waals surface area contributed by atoms with Gasteiger partial charge in [0, 0.05) is 32.2 Å². The van der Waals surface area contributed by atoms with Gasteiger partial charge >= 0.3 is 12.5 Å². The van der Waals surface area contributed by atoms with E-state index in [9.17, 15) is 18.0 Å². The molecule has 30 heavy (non-hydrogen) atoms. The summed E-state index contributed by atoms with van der Waals surface area (Å²) in [5.41, 5.74) is 0.867. The highest BCUT2D eigenvalue weighted by atomic mass is 19.4. The molecule has 1 aromatic carbocycles. The standard InChI is InChI=1S/C20H29F3N4O3/c1-3-24-18(26-16-10-13-27(14-11-16)19(28)29-4-2)25-12-9-15-5-7-17(8-6-15)30-20(21,22)23/h5-8,16H,3-4,9-14H2,1-2H3,(H2,24,25,26). The quantitative estimate of drug-likeness (QED) is 0.513. The van der Waals surface area contributed by atoms with Gasteiger partial charge in [0.25, 0.3) is 0 Å². The number of hydrogen-bond acceptors (Lipinski definition) is 4. The van der Waals surface area contributed by atoms with Gasteiger partial charge in [0.05, 0.1) is 6.61 Å². The highest BCUT2D eigenvalue weighted by molar-refractivity contribution is 5.80. The zero-order valence-electron chi connectivity index (χ0n) is 17.3. The maximum absolute atomic E-state index is 12.2. The molecule has 0 aromatic heterocycles. The van der Waals surface area contributed by atoms with Crippen LogP contribution in [0.2, 0.25) is 0 Å². The Hall–Kier alpha value is -2.65. The van der Waals surface area contributed by atoms with Gasteiger partial charge in [-0.25, -0.2) is 4.79 Å². The van der Waals surface area contributed by atoms with Gasteiger partial charge in [-0.3, -0.25) is 4.99 Å². The average Bonchev–Trinajstić information content (AvgIpc) is 2.69. The summed E-state index contributed by atoms with van der Waals surface area (Å²) in [6.45, 7) is 6.57. The predicted molar refractivity (Wildman–Crippen MR) is 108 cm³/mol. The number of nitrogens with one attached hydrogen (secondary N) is 2. The first-order valence-electron chi connectivity index (χ1n) is 10.1. The molecule has 1 fully saturated rings. The molecule has 1 aromatic rings.